The van der Waals surface area contributed by atoms with E-state index in [0.717, 1.165) is 32.1 Å². The van der Waals surface area contributed by atoms with Gasteiger partial charge in [-0.05, 0) is 61.7 Å². The van der Waals surface area contributed by atoms with Gasteiger partial charge in [-0.15, -0.1) is 0 Å². The van der Waals surface area contributed by atoms with Crippen LogP contribution in [-0.2, 0) is 10.0 Å². The summed E-state index contributed by atoms with van der Waals surface area (Å²) in [4.78, 5) is 12.6. The third kappa shape index (κ3) is 4.42. The van der Waals surface area contributed by atoms with Gasteiger partial charge in [0.1, 0.15) is 5.82 Å². The van der Waals surface area contributed by atoms with Gasteiger partial charge in [-0.25, -0.2) is 12.8 Å². The zero-order chi connectivity index (χ0) is 20.3. The lowest BCUT2D eigenvalue weighted by molar-refractivity contribution is 0.102. The summed E-state index contributed by atoms with van der Waals surface area (Å²) in [5.41, 5.74) is 1.36. The molecule has 1 saturated carbocycles. The van der Waals surface area contributed by atoms with Gasteiger partial charge in [0.25, 0.3) is 5.91 Å². The van der Waals surface area contributed by atoms with Gasteiger partial charge in [0.2, 0.25) is 10.0 Å². The van der Waals surface area contributed by atoms with Crippen molar-refractivity contribution < 1.29 is 17.6 Å². The first-order chi connectivity index (χ1) is 13.3. The molecule has 2 aromatic carbocycles. The number of hydrogen-bond donors (Lipinski definition) is 1. The van der Waals surface area contributed by atoms with E-state index in [1.165, 1.54) is 28.6 Å². The van der Waals surface area contributed by atoms with E-state index in [0.29, 0.717) is 11.3 Å². The molecule has 0 radical (unpaired) electrons. The van der Waals surface area contributed by atoms with Gasteiger partial charge in [-0.3, -0.25) is 4.79 Å². The van der Waals surface area contributed by atoms with Crippen molar-refractivity contribution in [3.63, 3.8) is 0 Å². The molecular formula is C21H25FN2O3S. The Kier molecular flexibility index (Phi) is 6.15. The highest BCUT2D eigenvalue weighted by molar-refractivity contribution is 7.89. The second-order valence-corrected chi connectivity index (χ2v) is 9.25. The molecule has 0 bridgehead atoms. The minimum absolute atomic E-state index is 0.0362. The van der Waals surface area contributed by atoms with Crippen LogP contribution in [0, 0.1) is 12.7 Å². The molecule has 0 unspecified atom stereocenters. The standard InChI is InChI=1S/C21H25FN2O3S/c1-15-8-9-16(22)14-20(15)21(25)23-17-10-12-19(13-11-17)28(26,27)24(2)18-6-4-3-5-7-18/h8-14,18H,3-7H2,1-2H3,(H,23,25). The van der Waals surface area contributed by atoms with E-state index in [1.807, 2.05) is 0 Å². The van der Waals surface area contributed by atoms with E-state index in [4.69, 9.17) is 0 Å². The Morgan fingerprint density at radius 3 is 2.36 bits per heavy atom. The molecule has 7 heteroatoms. The average molecular weight is 405 g/mol. The quantitative estimate of drug-likeness (QED) is 0.806. The average Bonchev–Trinajstić information content (AvgIpc) is 2.70. The predicted molar refractivity (Wildman–Crippen MR) is 107 cm³/mol. The number of amides is 1. The fraction of sp³-hybridized carbons (Fsp3) is 0.381. The van der Waals surface area contributed by atoms with E-state index in [2.05, 4.69) is 5.32 Å². The van der Waals surface area contributed by atoms with Crippen LogP contribution in [0.25, 0.3) is 0 Å². The number of benzene rings is 2. The van der Waals surface area contributed by atoms with Crippen LogP contribution in [0.5, 0.6) is 0 Å². The molecule has 150 valence electrons. The molecule has 0 spiro atoms. The monoisotopic (exact) mass is 404 g/mol. The molecule has 0 aliphatic heterocycles. The maximum atomic E-state index is 13.4. The van der Waals surface area contributed by atoms with Crippen molar-refractivity contribution in [1.82, 2.24) is 4.31 Å². The predicted octanol–water partition coefficient (Wildman–Crippen LogP) is 4.34. The zero-order valence-corrected chi connectivity index (χ0v) is 16.9. The van der Waals surface area contributed by atoms with E-state index in [-0.39, 0.29) is 16.5 Å². The summed E-state index contributed by atoms with van der Waals surface area (Å²) in [6.45, 7) is 1.73. The van der Waals surface area contributed by atoms with Crippen molar-refractivity contribution >= 4 is 21.6 Å². The van der Waals surface area contributed by atoms with Crippen LogP contribution < -0.4 is 5.32 Å². The summed E-state index contributed by atoms with van der Waals surface area (Å²) in [6.07, 6.45) is 5.03. The second kappa shape index (κ2) is 8.41. The Balaban J connectivity index is 1.73. The van der Waals surface area contributed by atoms with Crippen LogP contribution in [0.1, 0.15) is 48.0 Å². The Bertz CT molecular complexity index is 952. The minimum atomic E-state index is -3.58. The molecule has 28 heavy (non-hydrogen) atoms. The third-order valence-electron chi connectivity index (χ3n) is 5.32. The van der Waals surface area contributed by atoms with Gasteiger partial charge in [-0.1, -0.05) is 25.3 Å². The summed E-state index contributed by atoms with van der Waals surface area (Å²) in [7, 11) is -1.94. The van der Waals surface area contributed by atoms with Gasteiger partial charge in [0, 0.05) is 24.3 Å². The molecule has 1 aliphatic rings. The summed E-state index contributed by atoms with van der Waals surface area (Å²) in [5.74, 6) is -0.921. The lowest BCUT2D eigenvalue weighted by Crippen LogP contribution is -2.38. The molecule has 1 amide bonds. The maximum Gasteiger partial charge on any atom is 0.256 e. The largest absolute Gasteiger partial charge is 0.322 e. The van der Waals surface area contributed by atoms with Crippen LogP contribution in [0.4, 0.5) is 10.1 Å². The second-order valence-electron chi connectivity index (χ2n) is 7.25. The number of nitrogens with zero attached hydrogens (tertiary/aromatic N) is 1. The molecule has 3 rings (SSSR count). The molecule has 0 aromatic heterocycles. The Morgan fingerprint density at radius 2 is 1.71 bits per heavy atom. The summed E-state index contributed by atoms with van der Waals surface area (Å²) < 4.78 is 40.6. The fourth-order valence-corrected chi connectivity index (χ4v) is 4.97. The molecule has 0 atom stereocenters. The van der Waals surface area contributed by atoms with Crippen LogP contribution in [-0.4, -0.2) is 31.7 Å². The van der Waals surface area contributed by atoms with Gasteiger partial charge in [-0.2, -0.15) is 4.31 Å². The van der Waals surface area contributed by atoms with Crippen molar-refractivity contribution in [2.45, 2.75) is 50.0 Å². The number of sulfonamides is 1. The first-order valence-corrected chi connectivity index (χ1v) is 10.9. The van der Waals surface area contributed by atoms with Gasteiger partial charge in [0.15, 0.2) is 0 Å². The minimum Gasteiger partial charge on any atom is -0.322 e. The SMILES string of the molecule is Cc1ccc(F)cc1C(=O)Nc1ccc(S(=O)(=O)N(C)C2CCCCC2)cc1. The number of halogens is 1. The van der Waals surface area contributed by atoms with Crippen molar-refractivity contribution in [2.75, 3.05) is 12.4 Å². The number of hydrogen-bond acceptors (Lipinski definition) is 3. The molecule has 0 saturated heterocycles. The summed E-state index contributed by atoms with van der Waals surface area (Å²) >= 11 is 0. The number of carbonyl (C=O) groups excluding carboxylic acids is 1. The van der Waals surface area contributed by atoms with E-state index < -0.39 is 21.7 Å². The van der Waals surface area contributed by atoms with Crippen molar-refractivity contribution in [3.05, 3.63) is 59.4 Å². The third-order valence-corrected chi connectivity index (χ3v) is 7.25. The summed E-state index contributed by atoms with van der Waals surface area (Å²) in [5, 5.41) is 2.68. The molecule has 1 aliphatic carbocycles. The lowest BCUT2D eigenvalue weighted by atomic mass is 9.96. The van der Waals surface area contributed by atoms with Crippen molar-refractivity contribution in [1.29, 1.82) is 0 Å². The van der Waals surface area contributed by atoms with E-state index in [9.17, 15) is 17.6 Å². The van der Waals surface area contributed by atoms with E-state index >= 15 is 0 Å². The summed E-state index contributed by atoms with van der Waals surface area (Å²) in [6, 6.07) is 10.1. The van der Waals surface area contributed by atoms with Crippen LogP contribution >= 0.6 is 0 Å². The zero-order valence-electron chi connectivity index (χ0n) is 16.1. The van der Waals surface area contributed by atoms with E-state index in [1.54, 1.807) is 32.2 Å². The van der Waals surface area contributed by atoms with Crippen molar-refractivity contribution in [2.24, 2.45) is 0 Å². The molecule has 1 N–H and O–H groups in total. The molecule has 5 nitrogen and oxygen atoms in total. The maximum absolute atomic E-state index is 13.4. The van der Waals surface area contributed by atoms with Gasteiger partial charge < -0.3 is 5.32 Å². The highest BCUT2D eigenvalue weighted by atomic mass is 32.2. The first-order valence-electron chi connectivity index (χ1n) is 9.44. The molecule has 0 heterocycles. The van der Waals surface area contributed by atoms with Crippen LogP contribution in [0.3, 0.4) is 0 Å². The number of anilines is 1. The molecular weight excluding hydrogens is 379 g/mol. The van der Waals surface area contributed by atoms with Gasteiger partial charge >= 0.3 is 0 Å². The Hall–Kier alpha value is -2.25. The van der Waals surface area contributed by atoms with Gasteiger partial charge in [0.05, 0.1) is 4.90 Å². The van der Waals surface area contributed by atoms with Crippen LogP contribution in [0.15, 0.2) is 47.4 Å². The Labute approximate surface area is 165 Å². The topological polar surface area (TPSA) is 66.5 Å². The number of nitrogens with one attached hydrogen (secondary N) is 1. The Morgan fingerprint density at radius 1 is 1.07 bits per heavy atom. The normalized spacial score (nSPS) is 15.6. The van der Waals surface area contributed by atoms with Crippen molar-refractivity contribution in [3.8, 4) is 0 Å². The molecule has 1 fully saturated rings. The molecule has 2 aromatic rings. The highest BCUT2D eigenvalue weighted by Gasteiger charge is 2.28. The number of aryl methyl sites for hydroxylation is 1. The smallest absolute Gasteiger partial charge is 0.256 e. The first kappa shape index (κ1) is 20.5. The fourth-order valence-electron chi connectivity index (χ4n) is 3.55. The highest BCUT2D eigenvalue weighted by Crippen LogP contribution is 2.27. The lowest BCUT2D eigenvalue weighted by Gasteiger charge is -2.30. The number of carbonyl (C=O) groups is 1. The van der Waals surface area contributed by atoms with Crippen LogP contribution in [0.2, 0.25) is 0 Å². The number of rotatable bonds is 5.